The van der Waals surface area contributed by atoms with Crippen molar-refractivity contribution < 1.29 is 18.3 Å². The number of sulfone groups is 1. The highest BCUT2D eigenvalue weighted by Gasteiger charge is 2.16. The van der Waals surface area contributed by atoms with Crippen molar-refractivity contribution in [1.29, 1.82) is 0 Å². The summed E-state index contributed by atoms with van der Waals surface area (Å²) in [6.45, 7) is 3.61. The summed E-state index contributed by atoms with van der Waals surface area (Å²) in [5, 5.41) is 11.2. The average Bonchev–Trinajstić information content (AvgIpc) is 2.23. The molecule has 1 aromatic rings. The van der Waals surface area contributed by atoms with Gasteiger partial charge in [-0.15, -0.1) is 0 Å². The molecule has 0 saturated carbocycles. The fraction of sp³-hybridized carbons (Fsp3) is 0.462. The van der Waals surface area contributed by atoms with E-state index < -0.39 is 21.5 Å². The molecule has 0 fully saturated rings. The Balaban J connectivity index is 2.65. The van der Waals surface area contributed by atoms with Crippen LogP contribution in [0.5, 0.6) is 0 Å². The molecule has 106 valence electrons. The Morgan fingerprint density at radius 3 is 2.32 bits per heavy atom. The molecule has 1 aromatic carbocycles. The number of carbonyl (C=O) groups excluding carboxylic acids is 1. The third-order valence-electron chi connectivity index (χ3n) is 2.47. The second-order valence-corrected chi connectivity index (χ2v) is 6.78. The molecule has 0 saturated heterocycles. The summed E-state index contributed by atoms with van der Waals surface area (Å²) in [6.07, 6.45) is 0.152. The average molecular weight is 285 g/mol. The molecule has 0 aliphatic heterocycles. The highest BCUT2D eigenvalue weighted by Crippen LogP contribution is 2.13. The number of aliphatic hydroxyl groups excluding tert-OH is 1. The maximum atomic E-state index is 11.7. The van der Waals surface area contributed by atoms with Gasteiger partial charge in [-0.2, -0.15) is 0 Å². The molecular formula is C13H19NO4S. The topological polar surface area (TPSA) is 83.5 Å². The van der Waals surface area contributed by atoms with Gasteiger partial charge in [0.05, 0.1) is 5.75 Å². The minimum absolute atomic E-state index is 0.152. The summed E-state index contributed by atoms with van der Waals surface area (Å²) in [5.74, 6) is -1.29. The Kier molecular flexibility index (Phi) is 5.50. The molecule has 0 aromatic heterocycles. The van der Waals surface area contributed by atoms with Gasteiger partial charge in [-0.3, -0.25) is 4.79 Å². The molecule has 5 nitrogen and oxygen atoms in total. The highest BCUT2D eigenvalue weighted by molar-refractivity contribution is 7.92. The summed E-state index contributed by atoms with van der Waals surface area (Å²) in [5.41, 5.74) is 2.59. The number of aliphatic hydroxyl groups is 1. The van der Waals surface area contributed by atoms with E-state index in [1.807, 2.05) is 19.9 Å². The Hall–Kier alpha value is -1.40. The van der Waals surface area contributed by atoms with E-state index in [1.165, 1.54) is 0 Å². The third-order valence-corrected chi connectivity index (χ3v) is 4.08. The summed E-state index contributed by atoms with van der Waals surface area (Å²) in [7, 11) is -3.46. The number of benzene rings is 1. The van der Waals surface area contributed by atoms with Gasteiger partial charge in [0.1, 0.15) is 5.75 Å². The number of nitrogens with one attached hydrogen (secondary N) is 1. The summed E-state index contributed by atoms with van der Waals surface area (Å²) in [4.78, 5) is 11.7. The van der Waals surface area contributed by atoms with Crippen LogP contribution in [0.2, 0.25) is 0 Å². The van der Waals surface area contributed by atoms with Crippen LogP contribution in [0.15, 0.2) is 18.2 Å². The van der Waals surface area contributed by atoms with Crippen LogP contribution in [-0.4, -0.2) is 37.5 Å². The summed E-state index contributed by atoms with van der Waals surface area (Å²) >= 11 is 0. The van der Waals surface area contributed by atoms with E-state index in [0.717, 1.165) is 11.1 Å². The fourth-order valence-corrected chi connectivity index (χ4v) is 2.99. The molecular weight excluding hydrogens is 266 g/mol. The predicted octanol–water partition coefficient (Wildman–Crippen LogP) is 1.04. The second-order valence-electron chi connectivity index (χ2n) is 4.59. The van der Waals surface area contributed by atoms with Crippen LogP contribution in [0.25, 0.3) is 0 Å². The zero-order valence-corrected chi connectivity index (χ0v) is 12.0. The van der Waals surface area contributed by atoms with Crippen LogP contribution < -0.4 is 5.32 Å². The quantitative estimate of drug-likeness (QED) is 0.818. The molecule has 6 heteroatoms. The van der Waals surface area contributed by atoms with Crippen LogP contribution in [0.1, 0.15) is 17.5 Å². The van der Waals surface area contributed by atoms with Crippen molar-refractivity contribution in [1.82, 2.24) is 0 Å². The van der Waals surface area contributed by atoms with Crippen LogP contribution in [0.4, 0.5) is 5.69 Å². The van der Waals surface area contributed by atoms with Crippen LogP contribution in [-0.2, 0) is 14.6 Å². The molecule has 1 rings (SSSR count). The van der Waals surface area contributed by atoms with Crippen LogP contribution in [0.3, 0.4) is 0 Å². The molecule has 0 radical (unpaired) electrons. The standard InChI is InChI=1S/C13H19NO4S/c1-10-6-11(2)8-12(7-10)14-13(16)9-19(17,18)5-3-4-15/h6-8,15H,3-5,9H2,1-2H3,(H,14,16). The number of rotatable bonds is 6. The van der Waals surface area contributed by atoms with E-state index >= 15 is 0 Å². The van der Waals surface area contributed by atoms with Gasteiger partial charge in [0.2, 0.25) is 5.91 Å². The minimum atomic E-state index is -3.46. The lowest BCUT2D eigenvalue weighted by molar-refractivity contribution is -0.113. The van der Waals surface area contributed by atoms with Gasteiger partial charge >= 0.3 is 0 Å². The van der Waals surface area contributed by atoms with Crippen molar-refractivity contribution in [3.05, 3.63) is 29.3 Å². The maximum absolute atomic E-state index is 11.7. The molecule has 0 aliphatic rings. The molecule has 0 atom stereocenters. The molecule has 0 aliphatic carbocycles. The third kappa shape index (κ3) is 5.85. The SMILES string of the molecule is Cc1cc(C)cc(NC(=O)CS(=O)(=O)CCCO)c1. The normalized spacial score (nSPS) is 11.3. The van der Waals surface area contributed by atoms with E-state index in [-0.39, 0.29) is 18.8 Å². The second kappa shape index (κ2) is 6.68. The number of hydrogen-bond donors (Lipinski definition) is 2. The molecule has 0 heterocycles. The van der Waals surface area contributed by atoms with E-state index in [9.17, 15) is 13.2 Å². The Labute approximate surface area is 113 Å². The van der Waals surface area contributed by atoms with Gasteiger partial charge in [0.15, 0.2) is 9.84 Å². The number of aryl methyl sites for hydroxylation is 2. The summed E-state index contributed by atoms with van der Waals surface area (Å²) < 4.78 is 23.1. The van der Waals surface area contributed by atoms with Crippen molar-refractivity contribution in [2.45, 2.75) is 20.3 Å². The first-order valence-electron chi connectivity index (χ1n) is 6.02. The Bertz CT molecular complexity index is 532. The fourth-order valence-electron chi connectivity index (χ4n) is 1.80. The number of amides is 1. The van der Waals surface area contributed by atoms with Crippen molar-refractivity contribution in [2.75, 3.05) is 23.4 Å². The number of hydrogen-bond acceptors (Lipinski definition) is 4. The molecule has 0 bridgehead atoms. The van der Waals surface area contributed by atoms with E-state index in [2.05, 4.69) is 5.32 Å². The van der Waals surface area contributed by atoms with E-state index in [0.29, 0.717) is 5.69 Å². The zero-order chi connectivity index (χ0) is 14.5. The number of anilines is 1. The smallest absolute Gasteiger partial charge is 0.239 e. The van der Waals surface area contributed by atoms with Gasteiger partial charge in [0.25, 0.3) is 0 Å². The van der Waals surface area contributed by atoms with Crippen LogP contribution >= 0.6 is 0 Å². The monoisotopic (exact) mass is 285 g/mol. The van der Waals surface area contributed by atoms with E-state index in [1.54, 1.807) is 12.1 Å². The van der Waals surface area contributed by atoms with Gasteiger partial charge in [-0.05, 0) is 43.5 Å². The number of carbonyl (C=O) groups is 1. The van der Waals surface area contributed by atoms with Crippen molar-refractivity contribution in [2.24, 2.45) is 0 Å². The van der Waals surface area contributed by atoms with Gasteiger partial charge in [-0.1, -0.05) is 6.07 Å². The van der Waals surface area contributed by atoms with Crippen molar-refractivity contribution in [3.8, 4) is 0 Å². The first-order chi connectivity index (χ1) is 8.82. The van der Waals surface area contributed by atoms with Crippen molar-refractivity contribution in [3.63, 3.8) is 0 Å². The molecule has 2 N–H and O–H groups in total. The molecule has 19 heavy (non-hydrogen) atoms. The summed E-state index contributed by atoms with van der Waals surface area (Å²) in [6, 6.07) is 5.53. The Morgan fingerprint density at radius 1 is 1.21 bits per heavy atom. The van der Waals surface area contributed by atoms with E-state index in [4.69, 9.17) is 5.11 Å². The van der Waals surface area contributed by atoms with Gasteiger partial charge in [-0.25, -0.2) is 8.42 Å². The lowest BCUT2D eigenvalue weighted by Gasteiger charge is -2.08. The predicted molar refractivity (Wildman–Crippen MR) is 74.9 cm³/mol. The lowest BCUT2D eigenvalue weighted by Crippen LogP contribution is -2.25. The lowest BCUT2D eigenvalue weighted by atomic mass is 10.1. The van der Waals surface area contributed by atoms with Crippen molar-refractivity contribution >= 4 is 21.4 Å². The highest BCUT2D eigenvalue weighted by atomic mass is 32.2. The first kappa shape index (κ1) is 15.7. The largest absolute Gasteiger partial charge is 0.396 e. The Morgan fingerprint density at radius 2 is 1.79 bits per heavy atom. The van der Waals surface area contributed by atoms with Gasteiger partial charge in [0, 0.05) is 12.3 Å². The zero-order valence-electron chi connectivity index (χ0n) is 11.1. The maximum Gasteiger partial charge on any atom is 0.239 e. The first-order valence-corrected chi connectivity index (χ1v) is 7.84. The van der Waals surface area contributed by atoms with Gasteiger partial charge < -0.3 is 10.4 Å². The molecule has 1 amide bonds. The molecule has 0 spiro atoms. The van der Waals surface area contributed by atoms with Crippen LogP contribution in [0, 0.1) is 13.8 Å². The molecule has 0 unspecified atom stereocenters. The minimum Gasteiger partial charge on any atom is -0.396 e.